The van der Waals surface area contributed by atoms with Crippen molar-refractivity contribution in [3.05, 3.63) is 0 Å². The van der Waals surface area contributed by atoms with Gasteiger partial charge in [0.15, 0.2) is 0 Å². The second-order valence-electron chi connectivity index (χ2n) is 5.58. The Hall–Kier alpha value is -0.0800. The summed E-state index contributed by atoms with van der Waals surface area (Å²) in [5.74, 6) is 0. The van der Waals surface area contributed by atoms with Crippen LogP contribution in [-0.4, -0.2) is 31.6 Å². The van der Waals surface area contributed by atoms with Crippen LogP contribution in [-0.2, 0) is 0 Å². The van der Waals surface area contributed by atoms with Crippen molar-refractivity contribution in [2.45, 2.75) is 33.6 Å². The molecule has 0 radical (unpaired) electrons. The van der Waals surface area contributed by atoms with Crippen molar-refractivity contribution in [3.63, 3.8) is 0 Å². The van der Waals surface area contributed by atoms with Gasteiger partial charge in [-0.15, -0.1) is 0 Å². The molecule has 2 heteroatoms. The number of nitrogens with two attached hydrogens (primary N) is 1. The van der Waals surface area contributed by atoms with Crippen LogP contribution in [0.4, 0.5) is 0 Å². The van der Waals surface area contributed by atoms with Gasteiger partial charge in [-0.05, 0) is 38.4 Å². The maximum absolute atomic E-state index is 5.96. The molecular formula is C11H24N2. The molecule has 1 atom stereocenters. The largest absolute Gasteiger partial charge is 0.330 e. The molecule has 13 heavy (non-hydrogen) atoms. The molecule has 2 N–H and O–H groups in total. The zero-order valence-corrected chi connectivity index (χ0v) is 9.56. The van der Waals surface area contributed by atoms with Gasteiger partial charge in [-0.3, -0.25) is 0 Å². The summed E-state index contributed by atoms with van der Waals surface area (Å²) in [5, 5.41) is 0. The third kappa shape index (κ3) is 2.05. The minimum Gasteiger partial charge on any atom is -0.330 e. The van der Waals surface area contributed by atoms with Crippen LogP contribution in [0.15, 0.2) is 0 Å². The Balaban J connectivity index is 2.79. The summed E-state index contributed by atoms with van der Waals surface area (Å²) in [4.78, 5) is 2.42. The van der Waals surface area contributed by atoms with Crippen LogP contribution >= 0.6 is 0 Å². The normalized spacial score (nSPS) is 32.1. The molecule has 0 bridgehead atoms. The van der Waals surface area contributed by atoms with Gasteiger partial charge in [-0.25, -0.2) is 0 Å². The summed E-state index contributed by atoms with van der Waals surface area (Å²) in [7, 11) is 2.20. The molecule has 1 aliphatic heterocycles. The Morgan fingerprint density at radius 3 is 2.31 bits per heavy atom. The highest BCUT2D eigenvalue weighted by molar-refractivity contribution is 4.95. The molecule has 0 spiro atoms. The summed E-state index contributed by atoms with van der Waals surface area (Å²) in [6.45, 7) is 10.2. The zero-order chi connectivity index (χ0) is 10.1. The van der Waals surface area contributed by atoms with Crippen molar-refractivity contribution in [1.82, 2.24) is 4.90 Å². The molecule has 0 saturated carbocycles. The molecule has 1 unspecified atom stereocenters. The van der Waals surface area contributed by atoms with Gasteiger partial charge in [-0.1, -0.05) is 20.8 Å². The summed E-state index contributed by atoms with van der Waals surface area (Å²) < 4.78 is 0. The first-order valence-electron chi connectivity index (χ1n) is 5.30. The molecule has 0 aliphatic carbocycles. The molecule has 0 amide bonds. The first-order chi connectivity index (χ1) is 5.91. The predicted octanol–water partition coefficient (Wildman–Crippen LogP) is 1.70. The van der Waals surface area contributed by atoms with Crippen LogP contribution < -0.4 is 5.73 Å². The van der Waals surface area contributed by atoms with E-state index in [-0.39, 0.29) is 0 Å². The average Bonchev–Trinajstić information content (AvgIpc) is 2.02. The first kappa shape index (κ1) is 11.0. The van der Waals surface area contributed by atoms with Gasteiger partial charge in [0.2, 0.25) is 0 Å². The fourth-order valence-corrected chi connectivity index (χ4v) is 2.45. The number of hydrogen-bond donors (Lipinski definition) is 1. The highest BCUT2D eigenvalue weighted by Gasteiger charge is 2.42. The van der Waals surface area contributed by atoms with Crippen LogP contribution in [0.3, 0.4) is 0 Å². The Bertz CT molecular complexity index is 171. The third-order valence-electron chi connectivity index (χ3n) is 3.75. The monoisotopic (exact) mass is 184 g/mol. The highest BCUT2D eigenvalue weighted by atomic mass is 15.1. The lowest BCUT2D eigenvalue weighted by Crippen LogP contribution is -2.52. The van der Waals surface area contributed by atoms with Crippen molar-refractivity contribution < 1.29 is 0 Å². The molecule has 1 fully saturated rings. The van der Waals surface area contributed by atoms with Crippen LogP contribution in [0.1, 0.15) is 33.6 Å². The topological polar surface area (TPSA) is 29.3 Å². The molecule has 0 aromatic rings. The highest BCUT2D eigenvalue weighted by Crippen LogP contribution is 2.44. The Kier molecular flexibility index (Phi) is 3.03. The van der Waals surface area contributed by atoms with Crippen molar-refractivity contribution in [1.29, 1.82) is 0 Å². The average molecular weight is 184 g/mol. The summed E-state index contributed by atoms with van der Waals surface area (Å²) >= 11 is 0. The van der Waals surface area contributed by atoms with E-state index in [2.05, 4.69) is 32.7 Å². The quantitative estimate of drug-likeness (QED) is 0.672. The lowest BCUT2D eigenvalue weighted by molar-refractivity contribution is 0.0122. The van der Waals surface area contributed by atoms with E-state index < -0.39 is 0 Å². The number of nitrogens with zero attached hydrogens (tertiary/aromatic N) is 1. The summed E-state index contributed by atoms with van der Waals surface area (Å²) in [6.07, 6.45) is 2.59. The smallest absolute Gasteiger partial charge is 0.00521 e. The van der Waals surface area contributed by atoms with E-state index in [0.717, 1.165) is 13.1 Å². The lowest BCUT2D eigenvalue weighted by Gasteiger charge is -2.49. The SMILES string of the molecule is CN1CCCC(CN)(C(C)(C)C)C1. The van der Waals surface area contributed by atoms with E-state index in [9.17, 15) is 0 Å². The number of rotatable bonds is 1. The van der Waals surface area contributed by atoms with Gasteiger partial charge in [-0.2, -0.15) is 0 Å². The second-order valence-corrected chi connectivity index (χ2v) is 5.58. The van der Waals surface area contributed by atoms with Crippen molar-refractivity contribution in [3.8, 4) is 0 Å². The number of piperidine rings is 1. The maximum atomic E-state index is 5.96. The maximum Gasteiger partial charge on any atom is 0.00521 e. The molecule has 0 aromatic carbocycles. The first-order valence-corrected chi connectivity index (χ1v) is 5.30. The van der Waals surface area contributed by atoms with E-state index in [1.807, 2.05) is 0 Å². The zero-order valence-electron chi connectivity index (χ0n) is 9.56. The Labute approximate surface area is 82.5 Å². The molecule has 0 aromatic heterocycles. The van der Waals surface area contributed by atoms with Crippen LogP contribution in [0, 0.1) is 10.8 Å². The van der Waals surface area contributed by atoms with Gasteiger partial charge in [0.25, 0.3) is 0 Å². The standard InChI is InChI=1S/C11H24N2/c1-10(2,3)11(8-12)6-5-7-13(4)9-11/h5-9,12H2,1-4H3. The van der Waals surface area contributed by atoms with Crippen molar-refractivity contribution in [2.24, 2.45) is 16.6 Å². The Morgan fingerprint density at radius 1 is 1.38 bits per heavy atom. The molecule has 1 saturated heterocycles. The van der Waals surface area contributed by atoms with E-state index in [1.54, 1.807) is 0 Å². The third-order valence-corrected chi connectivity index (χ3v) is 3.75. The lowest BCUT2D eigenvalue weighted by atomic mass is 9.62. The molecule has 78 valence electrons. The van der Waals surface area contributed by atoms with Gasteiger partial charge in [0, 0.05) is 12.0 Å². The van der Waals surface area contributed by atoms with Crippen LogP contribution in [0.5, 0.6) is 0 Å². The molecule has 1 rings (SSSR count). The van der Waals surface area contributed by atoms with E-state index in [1.165, 1.54) is 19.4 Å². The van der Waals surface area contributed by atoms with Crippen molar-refractivity contribution >= 4 is 0 Å². The van der Waals surface area contributed by atoms with Crippen LogP contribution in [0.25, 0.3) is 0 Å². The molecule has 1 heterocycles. The van der Waals surface area contributed by atoms with E-state index in [0.29, 0.717) is 10.8 Å². The van der Waals surface area contributed by atoms with E-state index >= 15 is 0 Å². The summed E-state index contributed by atoms with van der Waals surface area (Å²) in [5.41, 5.74) is 6.62. The number of hydrogen-bond acceptors (Lipinski definition) is 2. The van der Waals surface area contributed by atoms with Crippen LogP contribution in [0.2, 0.25) is 0 Å². The Morgan fingerprint density at radius 2 is 2.00 bits per heavy atom. The van der Waals surface area contributed by atoms with Gasteiger partial charge < -0.3 is 10.6 Å². The predicted molar refractivity (Wildman–Crippen MR) is 57.7 cm³/mol. The van der Waals surface area contributed by atoms with Crippen molar-refractivity contribution in [2.75, 3.05) is 26.7 Å². The minimum atomic E-state index is 0.330. The van der Waals surface area contributed by atoms with Gasteiger partial charge in [0.05, 0.1) is 0 Å². The van der Waals surface area contributed by atoms with Gasteiger partial charge >= 0.3 is 0 Å². The fraction of sp³-hybridized carbons (Fsp3) is 1.00. The second kappa shape index (κ2) is 3.58. The molecule has 2 nitrogen and oxygen atoms in total. The molecular weight excluding hydrogens is 160 g/mol. The van der Waals surface area contributed by atoms with Gasteiger partial charge in [0.1, 0.15) is 0 Å². The van der Waals surface area contributed by atoms with E-state index in [4.69, 9.17) is 5.73 Å². The fourth-order valence-electron chi connectivity index (χ4n) is 2.45. The summed E-state index contributed by atoms with van der Waals surface area (Å²) in [6, 6.07) is 0. The minimum absolute atomic E-state index is 0.330. The molecule has 1 aliphatic rings. The number of likely N-dealkylation sites (tertiary alicyclic amines) is 1.